The molecule has 1 aromatic carbocycles. The van der Waals surface area contributed by atoms with E-state index in [1.807, 2.05) is 40.3 Å². The molecule has 0 radical (unpaired) electrons. The van der Waals surface area contributed by atoms with Gasteiger partial charge in [0, 0.05) is 50.3 Å². The molecule has 1 atom stereocenters. The van der Waals surface area contributed by atoms with Gasteiger partial charge in [-0.3, -0.25) is 5.10 Å². The van der Waals surface area contributed by atoms with E-state index in [-0.39, 0.29) is 11.9 Å². The molecule has 5 rings (SSSR count). The zero-order valence-corrected chi connectivity index (χ0v) is 17.0. The van der Waals surface area contributed by atoms with E-state index in [1.54, 1.807) is 12.1 Å². The minimum atomic E-state index is 0.0971. The summed E-state index contributed by atoms with van der Waals surface area (Å²) >= 11 is 6.12. The van der Waals surface area contributed by atoms with Gasteiger partial charge in [-0.2, -0.15) is 5.10 Å². The van der Waals surface area contributed by atoms with Gasteiger partial charge in [-0.15, -0.1) is 0 Å². The third-order valence-corrected chi connectivity index (χ3v) is 6.03. The molecule has 8 nitrogen and oxygen atoms in total. The first-order valence-electron chi connectivity index (χ1n) is 9.95. The normalized spacial score (nSPS) is 19.0. The highest BCUT2D eigenvalue weighted by Gasteiger charge is 2.37. The fraction of sp³-hybridized carbons (Fsp3) is 0.333. The molecule has 9 heteroatoms. The molecule has 2 fully saturated rings. The highest BCUT2D eigenvalue weighted by atomic mass is 35.5. The van der Waals surface area contributed by atoms with Gasteiger partial charge in [0.25, 0.3) is 0 Å². The minimum Gasteiger partial charge on any atom is -0.437 e. The van der Waals surface area contributed by atoms with Crippen molar-refractivity contribution in [3.8, 4) is 11.6 Å². The average Bonchev–Trinajstić information content (AvgIpc) is 3.41. The van der Waals surface area contributed by atoms with Gasteiger partial charge in [0.05, 0.1) is 5.02 Å². The van der Waals surface area contributed by atoms with Crippen molar-refractivity contribution >= 4 is 17.6 Å². The van der Waals surface area contributed by atoms with Crippen LogP contribution in [-0.4, -0.2) is 62.2 Å². The van der Waals surface area contributed by atoms with Crippen molar-refractivity contribution in [1.29, 1.82) is 0 Å². The molecule has 2 amide bonds. The number of carbonyl (C=O) groups excluding carboxylic acids is 1. The number of pyridine rings is 1. The molecule has 0 bridgehead atoms. The number of nitrogens with one attached hydrogen (secondary N) is 1. The minimum absolute atomic E-state index is 0.0971. The van der Waals surface area contributed by atoms with E-state index >= 15 is 0 Å². The van der Waals surface area contributed by atoms with Crippen LogP contribution in [0.4, 0.5) is 4.79 Å². The Bertz CT molecular complexity index is 1020. The standard InChI is InChI=1S/C21H21ClN6O2/c22-17-3-1-2-4-18(17)30-19-6-5-14(9-23-19)16-11-28(12-16)21(29)27-8-7-15(10-27)20-24-13-25-26-20/h1-6,9,13,15-16H,7-8,10-12H2,(H,24,25,26)/t15-/m0/s1. The fourth-order valence-electron chi connectivity index (χ4n) is 3.95. The SMILES string of the molecule is O=C(N1CC(c2ccc(Oc3ccccc3Cl)nc2)C1)N1CC[C@H](c2ncn[nH]2)C1. The molecule has 30 heavy (non-hydrogen) atoms. The molecule has 0 saturated carbocycles. The molecule has 4 heterocycles. The van der Waals surface area contributed by atoms with Gasteiger partial charge >= 0.3 is 6.03 Å². The van der Waals surface area contributed by atoms with Crippen molar-refractivity contribution < 1.29 is 9.53 Å². The van der Waals surface area contributed by atoms with Crippen LogP contribution in [0.25, 0.3) is 0 Å². The fourth-order valence-corrected chi connectivity index (χ4v) is 4.12. The van der Waals surface area contributed by atoms with Gasteiger partial charge in [-0.25, -0.2) is 14.8 Å². The van der Waals surface area contributed by atoms with Gasteiger partial charge in [0.15, 0.2) is 0 Å². The number of nitrogens with zero attached hydrogens (tertiary/aromatic N) is 5. The monoisotopic (exact) mass is 424 g/mol. The number of ether oxygens (including phenoxy) is 1. The second-order valence-corrected chi connectivity index (χ2v) is 8.06. The summed E-state index contributed by atoms with van der Waals surface area (Å²) in [6, 6.07) is 11.2. The van der Waals surface area contributed by atoms with E-state index < -0.39 is 0 Å². The van der Waals surface area contributed by atoms with E-state index in [0.29, 0.717) is 42.2 Å². The first-order valence-corrected chi connectivity index (χ1v) is 10.3. The summed E-state index contributed by atoms with van der Waals surface area (Å²) in [4.78, 5) is 25.2. The maximum atomic E-state index is 12.8. The van der Waals surface area contributed by atoms with Crippen molar-refractivity contribution in [1.82, 2.24) is 30.0 Å². The number of hydrogen-bond donors (Lipinski definition) is 1. The summed E-state index contributed by atoms with van der Waals surface area (Å²) in [5.74, 6) is 2.47. The second kappa shape index (κ2) is 7.95. The lowest BCUT2D eigenvalue weighted by Crippen LogP contribution is -2.53. The van der Waals surface area contributed by atoms with Crippen LogP contribution in [0.1, 0.15) is 29.6 Å². The summed E-state index contributed by atoms with van der Waals surface area (Å²) in [5.41, 5.74) is 1.10. The number of benzene rings is 1. The summed E-state index contributed by atoms with van der Waals surface area (Å²) in [7, 11) is 0. The summed E-state index contributed by atoms with van der Waals surface area (Å²) < 4.78 is 5.74. The highest BCUT2D eigenvalue weighted by molar-refractivity contribution is 6.32. The molecular formula is C21H21ClN6O2. The number of hydrogen-bond acceptors (Lipinski definition) is 5. The van der Waals surface area contributed by atoms with Gasteiger partial charge < -0.3 is 14.5 Å². The number of likely N-dealkylation sites (tertiary alicyclic amines) is 2. The maximum Gasteiger partial charge on any atom is 0.320 e. The molecule has 1 N–H and O–H groups in total. The molecule has 3 aromatic rings. The third kappa shape index (κ3) is 3.70. The maximum absolute atomic E-state index is 12.8. The molecule has 2 aromatic heterocycles. The number of H-pyrrole nitrogens is 1. The third-order valence-electron chi connectivity index (χ3n) is 5.71. The van der Waals surface area contributed by atoms with Crippen molar-refractivity contribution in [2.24, 2.45) is 0 Å². The number of halogens is 1. The first-order chi connectivity index (χ1) is 14.7. The summed E-state index contributed by atoms with van der Waals surface area (Å²) in [5, 5.41) is 7.36. The largest absolute Gasteiger partial charge is 0.437 e. The lowest BCUT2D eigenvalue weighted by atomic mass is 9.93. The second-order valence-electron chi connectivity index (χ2n) is 7.65. The summed E-state index contributed by atoms with van der Waals surface area (Å²) in [6.07, 6.45) is 4.24. The van der Waals surface area contributed by atoms with Crippen molar-refractivity contribution in [3.05, 3.63) is 65.3 Å². The number of urea groups is 1. The lowest BCUT2D eigenvalue weighted by molar-refractivity contribution is 0.121. The Morgan fingerprint density at radius 1 is 1.07 bits per heavy atom. The van der Waals surface area contributed by atoms with E-state index in [4.69, 9.17) is 16.3 Å². The smallest absolute Gasteiger partial charge is 0.320 e. The molecule has 0 spiro atoms. The van der Waals surface area contributed by atoms with Gasteiger partial charge in [0.2, 0.25) is 5.88 Å². The van der Waals surface area contributed by atoms with Crippen LogP contribution in [0.3, 0.4) is 0 Å². The van der Waals surface area contributed by atoms with Crippen LogP contribution < -0.4 is 4.74 Å². The number of aromatic amines is 1. The Kier molecular flexibility index (Phi) is 5.00. The quantitative estimate of drug-likeness (QED) is 0.690. The van der Waals surface area contributed by atoms with Crippen LogP contribution in [-0.2, 0) is 0 Å². The molecule has 2 saturated heterocycles. The molecular weight excluding hydrogens is 404 g/mol. The molecule has 2 aliphatic heterocycles. The molecule has 0 unspecified atom stereocenters. The Balaban J connectivity index is 1.14. The Morgan fingerprint density at radius 2 is 1.90 bits per heavy atom. The van der Waals surface area contributed by atoms with Crippen LogP contribution in [0, 0.1) is 0 Å². The molecule has 0 aliphatic carbocycles. The highest BCUT2D eigenvalue weighted by Crippen LogP contribution is 2.32. The molecule has 154 valence electrons. The van der Waals surface area contributed by atoms with E-state index in [1.165, 1.54) is 6.33 Å². The van der Waals surface area contributed by atoms with Gasteiger partial charge in [-0.05, 0) is 24.1 Å². The zero-order chi connectivity index (χ0) is 20.5. The predicted octanol–water partition coefficient (Wildman–Crippen LogP) is 3.65. The number of aromatic nitrogens is 4. The van der Waals surface area contributed by atoms with Crippen LogP contribution >= 0.6 is 11.6 Å². The Hall–Kier alpha value is -3.13. The number of rotatable bonds is 4. The van der Waals surface area contributed by atoms with Crippen molar-refractivity contribution in [2.45, 2.75) is 18.3 Å². The van der Waals surface area contributed by atoms with Crippen molar-refractivity contribution in [3.63, 3.8) is 0 Å². The number of amides is 2. The van der Waals surface area contributed by atoms with E-state index in [9.17, 15) is 4.79 Å². The van der Waals surface area contributed by atoms with Gasteiger partial charge in [0.1, 0.15) is 17.9 Å². The van der Waals surface area contributed by atoms with Crippen molar-refractivity contribution in [2.75, 3.05) is 26.2 Å². The topological polar surface area (TPSA) is 87.2 Å². The molecule has 2 aliphatic rings. The van der Waals surface area contributed by atoms with E-state index in [0.717, 1.165) is 24.4 Å². The Labute approximate surface area is 178 Å². The lowest BCUT2D eigenvalue weighted by Gasteiger charge is -2.41. The number of carbonyl (C=O) groups is 1. The zero-order valence-electron chi connectivity index (χ0n) is 16.2. The first kappa shape index (κ1) is 18.9. The van der Waals surface area contributed by atoms with E-state index in [2.05, 4.69) is 20.2 Å². The van der Waals surface area contributed by atoms with Gasteiger partial charge in [-0.1, -0.05) is 29.8 Å². The van der Waals surface area contributed by atoms with Crippen LogP contribution in [0.2, 0.25) is 5.02 Å². The van der Waals surface area contributed by atoms with Crippen LogP contribution in [0.5, 0.6) is 11.6 Å². The Morgan fingerprint density at radius 3 is 2.63 bits per heavy atom. The summed E-state index contributed by atoms with van der Waals surface area (Å²) in [6.45, 7) is 2.84. The predicted molar refractivity (Wildman–Crippen MR) is 111 cm³/mol. The van der Waals surface area contributed by atoms with Crippen LogP contribution in [0.15, 0.2) is 48.9 Å². The number of para-hydroxylation sites is 1. The average molecular weight is 425 g/mol.